The van der Waals surface area contributed by atoms with Crippen LogP contribution in [0.3, 0.4) is 0 Å². The molecule has 0 spiro atoms. The molecule has 194 valence electrons. The van der Waals surface area contributed by atoms with E-state index in [1.165, 1.54) is 13.3 Å². The second kappa shape index (κ2) is 10.6. The fourth-order valence-corrected chi connectivity index (χ4v) is 3.98. The molecule has 1 aliphatic heterocycles. The first-order valence-electron chi connectivity index (χ1n) is 11.5. The van der Waals surface area contributed by atoms with Crippen molar-refractivity contribution in [3.05, 3.63) is 70.6 Å². The van der Waals surface area contributed by atoms with E-state index in [-0.39, 0.29) is 28.8 Å². The quantitative estimate of drug-likeness (QED) is 0.383. The van der Waals surface area contributed by atoms with Gasteiger partial charge in [-0.3, -0.25) is 9.59 Å². The van der Waals surface area contributed by atoms with E-state index in [2.05, 4.69) is 10.3 Å². The van der Waals surface area contributed by atoms with Crippen LogP contribution in [0, 0.1) is 5.82 Å². The number of hydrogen-bond donors (Lipinski definition) is 1. The zero-order valence-electron chi connectivity index (χ0n) is 20.8. The van der Waals surface area contributed by atoms with E-state index in [4.69, 9.17) is 30.5 Å². The number of nitrogens with zero attached hydrogens (tertiary/aromatic N) is 1. The molecule has 1 N–H and O–H groups in total. The van der Waals surface area contributed by atoms with Gasteiger partial charge in [0.2, 0.25) is 0 Å². The summed E-state index contributed by atoms with van der Waals surface area (Å²) in [4.78, 5) is 29.1. The van der Waals surface area contributed by atoms with E-state index in [0.717, 1.165) is 11.6 Å². The van der Waals surface area contributed by atoms with Gasteiger partial charge in [-0.05, 0) is 63.2 Å². The summed E-state index contributed by atoms with van der Waals surface area (Å²) in [7, 11) is 1.52. The number of benzene rings is 2. The third kappa shape index (κ3) is 6.29. The first-order chi connectivity index (χ1) is 17.5. The fraction of sp³-hybridized carbons (Fsp3) is 0.296. The Morgan fingerprint density at radius 2 is 1.89 bits per heavy atom. The van der Waals surface area contributed by atoms with Crippen LogP contribution in [0.25, 0.3) is 0 Å². The largest absolute Gasteiger partial charge is 0.493 e. The van der Waals surface area contributed by atoms with E-state index in [0.29, 0.717) is 35.0 Å². The molecule has 4 rings (SSSR count). The maximum absolute atomic E-state index is 13.9. The maximum atomic E-state index is 13.9. The Labute approximate surface area is 218 Å². The molecule has 2 aromatic carbocycles. The van der Waals surface area contributed by atoms with Crippen LogP contribution < -0.4 is 24.3 Å². The minimum absolute atomic E-state index is 0.160. The number of nitrogens with one attached hydrogen (secondary N) is 1. The zero-order valence-corrected chi connectivity index (χ0v) is 21.5. The van der Waals surface area contributed by atoms with Crippen LogP contribution >= 0.6 is 11.6 Å². The highest BCUT2D eigenvalue weighted by atomic mass is 35.5. The lowest BCUT2D eigenvalue weighted by Crippen LogP contribution is -2.39. The van der Waals surface area contributed by atoms with Crippen molar-refractivity contribution >= 4 is 23.3 Å². The molecule has 0 fully saturated rings. The lowest BCUT2D eigenvalue weighted by Gasteiger charge is -2.17. The Morgan fingerprint density at radius 1 is 1.19 bits per heavy atom. The normalized spacial score (nSPS) is 14.2. The topological polar surface area (TPSA) is 96.0 Å². The summed E-state index contributed by atoms with van der Waals surface area (Å²) in [6, 6.07) is 10.7. The van der Waals surface area contributed by atoms with E-state index < -0.39 is 17.8 Å². The van der Waals surface area contributed by atoms with Crippen LogP contribution in [-0.2, 0) is 11.2 Å². The predicted octanol–water partition coefficient (Wildman–Crippen LogP) is 5.15. The number of rotatable bonds is 9. The molecule has 1 amide bonds. The van der Waals surface area contributed by atoms with Crippen molar-refractivity contribution in [2.24, 2.45) is 0 Å². The number of pyridine rings is 1. The standard InChI is InChI=1S/C27H26ClFN2O6/c1-15(35-19-5-7-20(8-6-19)36-26-21(29)11-18(28)13-31-26)25(33)30-14-22(32)16-9-17-12-27(2,3)37-24(17)23(10-16)34-4/h5-11,13,15H,12,14H2,1-4H3,(H,30,33)/t15-/m1/s1. The average molecular weight is 529 g/mol. The van der Waals surface area contributed by atoms with Crippen molar-refractivity contribution in [2.75, 3.05) is 13.7 Å². The highest BCUT2D eigenvalue weighted by Gasteiger charge is 2.33. The molecule has 10 heteroatoms. The first-order valence-corrected chi connectivity index (χ1v) is 11.9. The number of fused-ring (bicyclic) bond motifs is 1. The number of carbonyl (C=O) groups excluding carboxylic acids is 2. The summed E-state index contributed by atoms with van der Waals surface area (Å²) in [5.74, 6) is 0.196. The van der Waals surface area contributed by atoms with Gasteiger partial charge in [-0.25, -0.2) is 9.37 Å². The van der Waals surface area contributed by atoms with Gasteiger partial charge in [0.25, 0.3) is 11.8 Å². The number of carbonyl (C=O) groups is 2. The fourth-order valence-electron chi connectivity index (χ4n) is 3.84. The molecule has 0 unspecified atom stereocenters. The van der Waals surface area contributed by atoms with Crippen LogP contribution in [0.1, 0.15) is 36.7 Å². The van der Waals surface area contributed by atoms with Gasteiger partial charge < -0.3 is 24.3 Å². The van der Waals surface area contributed by atoms with Gasteiger partial charge in [-0.2, -0.15) is 0 Å². The lowest BCUT2D eigenvalue weighted by molar-refractivity contribution is -0.127. The SMILES string of the molecule is COc1cc(C(=O)CNC(=O)[C@@H](C)Oc2ccc(Oc3ncc(Cl)cc3F)cc2)cc2c1OC(C)(C)C2. The average Bonchev–Trinajstić information content (AvgIpc) is 3.18. The van der Waals surface area contributed by atoms with Crippen molar-refractivity contribution in [2.45, 2.75) is 38.9 Å². The molecule has 37 heavy (non-hydrogen) atoms. The Balaban J connectivity index is 1.31. The number of methoxy groups -OCH3 is 1. The van der Waals surface area contributed by atoms with Gasteiger partial charge in [0, 0.05) is 23.7 Å². The van der Waals surface area contributed by atoms with Crippen LogP contribution in [0.15, 0.2) is 48.7 Å². The van der Waals surface area contributed by atoms with Crippen molar-refractivity contribution < 1.29 is 32.9 Å². The number of Topliss-reactive ketones (excluding diaryl/α,β-unsaturated/α-hetero) is 1. The summed E-state index contributed by atoms with van der Waals surface area (Å²) in [5.41, 5.74) is 0.927. The molecule has 0 saturated carbocycles. The van der Waals surface area contributed by atoms with Crippen LogP contribution in [0.5, 0.6) is 28.9 Å². The van der Waals surface area contributed by atoms with Crippen molar-refractivity contribution in [1.29, 1.82) is 0 Å². The van der Waals surface area contributed by atoms with Gasteiger partial charge in [-0.1, -0.05) is 11.6 Å². The Hall–Kier alpha value is -3.85. The van der Waals surface area contributed by atoms with Gasteiger partial charge in [0.1, 0.15) is 17.1 Å². The summed E-state index contributed by atoms with van der Waals surface area (Å²) in [6.07, 6.45) is 1.04. The van der Waals surface area contributed by atoms with E-state index >= 15 is 0 Å². The zero-order chi connectivity index (χ0) is 26.7. The molecule has 8 nitrogen and oxygen atoms in total. The number of amides is 1. The summed E-state index contributed by atoms with van der Waals surface area (Å²) in [5, 5.41) is 2.77. The molecule has 2 heterocycles. The van der Waals surface area contributed by atoms with Gasteiger partial charge in [0.15, 0.2) is 29.2 Å². The number of halogens is 2. The molecular weight excluding hydrogens is 503 g/mol. The maximum Gasteiger partial charge on any atom is 0.261 e. The van der Waals surface area contributed by atoms with E-state index in [1.807, 2.05) is 13.8 Å². The van der Waals surface area contributed by atoms with E-state index in [1.54, 1.807) is 43.3 Å². The third-order valence-corrected chi connectivity index (χ3v) is 5.79. The molecular formula is C27H26ClFN2O6. The third-order valence-electron chi connectivity index (χ3n) is 5.59. The molecule has 0 radical (unpaired) electrons. The smallest absolute Gasteiger partial charge is 0.261 e. The van der Waals surface area contributed by atoms with Gasteiger partial charge >= 0.3 is 0 Å². The predicted molar refractivity (Wildman–Crippen MR) is 135 cm³/mol. The van der Waals surface area contributed by atoms with Crippen molar-refractivity contribution in [1.82, 2.24) is 10.3 Å². The lowest BCUT2D eigenvalue weighted by atomic mass is 9.98. The molecule has 3 aromatic rings. The Kier molecular flexibility index (Phi) is 7.54. The van der Waals surface area contributed by atoms with E-state index in [9.17, 15) is 14.0 Å². The highest BCUT2D eigenvalue weighted by molar-refractivity contribution is 6.30. The molecule has 1 aliphatic rings. The number of ketones is 1. The van der Waals surface area contributed by atoms with Crippen molar-refractivity contribution in [3.63, 3.8) is 0 Å². The minimum Gasteiger partial charge on any atom is -0.493 e. The second-order valence-electron chi connectivity index (χ2n) is 9.12. The minimum atomic E-state index is -0.876. The van der Waals surface area contributed by atoms with Gasteiger partial charge in [-0.15, -0.1) is 0 Å². The van der Waals surface area contributed by atoms with Gasteiger partial charge in [0.05, 0.1) is 18.7 Å². The second-order valence-corrected chi connectivity index (χ2v) is 9.56. The number of aromatic nitrogens is 1. The van der Waals surface area contributed by atoms with Crippen LogP contribution in [-0.4, -0.2) is 42.0 Å². The molecule has 0 aliphatic carbocycles. The molecule has 1 aromatic heterocycles. The number of hydrogen-bond acceptors (Lipinski definition) is 7. The summed E-state index contributed by atoms with van der Waals surface area (Å²) in [6.45, 7) is 5.29. The highest BCUT2D eigenvalue weighted by Crippen LogP contribution is 2.42. The van der Waals surface area contributed by atoms with Crippen LogP contribution in [0.4, 0.5) is 4.39 Å². The monoisotopic (exact) mass is 528 g/mol. The Morgan fingerprint density at radius 3 is 2.57 bits per heavy atom. The van der Waals surface area contributed by atoms with Crippen molar-refractivity contribution in [3.8, 4) is 28.9 Å². The first kappa shape index (κ1) is 26.2. The molecule has 0 saturated heterocycles. The molecule has 1 atom stereocenters. The summed E-state index contributed by atoms with van der Waals surface area (Å²) >= 11 is 5.69. The van der Waals surface area contributed by atoms with Crippen LogP contribution in [0.2, 0.25) is 5.02 Å². The number of ether oxygens (including phenoxy) is 4. The Bertz CT molecular complexity index is 1330. The summed E-state index contributed by atoms with van der Waals surface area (Å²) < 4.78 is 36.3. The molecule has 0 bridgehead atoms.